The first-order valence-corrected chi connectivity index (χ1v) is 7.36. The van der Waals surface area contributed by atoms with E-state index in [0.29, 0.717) is 32.4 Å². The minimum atomic E-state index is -0.742. The number of carbonyl (C=O) groups excluding carboxylic acids is 1. The fourth-order valence-electron chi connectivity index (χ4n) is 2.33. The van der Waals surface area contributed by atoms with Gasteiger partial charge in [0.1, 0.15) is 5.60 Å². The van der Waals surface area contributed by atoms with Crippen LogP contribution in [0.15, 0.2) is 0 Å². The number of amides is 1. The molecule has 1 saturated heterocycles. The van der Waals surface area contributed by atoms with Gasteiger partial charge in [-0.05, 0) is 53.9 Å². The van der Waals surface area contributed by atoms with Crippen molar-refractivity contribution in [3.05, 3.63) is 0 Å². The highest BCUT2D eigenvalue weighted by molar-refractivity contribution is 5.68. The Hall–Kier alpha value is -0.810. The van der Waals surface area contributed by atoms with Gasteiger partial charge < -0.3 is 19.8 Å². The summed E-state index contributed by atoms with van der Waals surface area (Å²) in [4.78, 5) is 13.7. The molecule has 2 N–H and O–H groups in total. The Morgan fingerprint density at radius 1 is 1.30 bits per heavy atom. The van der Waals surface area contributed by atoms with Crippen LogP contribution in [0, 0.1) is 5.92 Å². The quantitative estimate of drug-likeness (QED) is 0.834. The van der Waals surface area contributed by atoms with E-state index in [1.807, 2.05) is 20.8 Å². The number of piperidine rings is 1. The summed E-state index contributed by atoms with van der Waals surface area (Å²) in [5.74, 6) is 0.00249. The third kappa shape index (κ3) is 6.09. The normalized spacial score (nSPS) is 24.6. The maximum atomic E-state index is 12.0. The van der Waals surface area contributed by atoms with Crippen LogP contribution < -0.4 is 0 Å². The Balaban J connectivity index is 2.55. The van der Waals surface area contributed by atoms with Crippen molar-refractivity contribution in [2.45, 2.75) is 71.2 Å². The van der Waals surface area contributed by atoms with E-state index < -0.39 is 17.3 Å². The van der Waals surface area contributed by atoms with E-state index in [-0.39, 0.29) is 12.0 Å². The summed E-state index contributed by atoms with van der Waals surface area (Å²) in [6.45, 7) is 10.1. The Morgan fingerprint density at radius 3 is 2.40 bits per heavy atom. The monoisotopic (exact) mass is 287 g/mol. The molecule has 0 radical (unpaired) electrons. The summed E-state index contributed by atoms with van der Waals surface area (Å²) in [5.41, 5.74) is -1.25. The van der Waals surface area contributed by atoms with Gasteiger partial charge in [-0.1, -0.05) is 0 Å². The molecular formula is C15H29NO4. The van der Waals surface area contributed by atoms with Gasteiger partial charge in [-0.3, -0.25) is 0 Å². The molecule has 0 aromatic carbocycles. The summed E-state index contributed by atoms with van der Waals surface area (Å²) in [7, 11) is 0. The first-order chi connectivity index (χ1) is 8.98. The fraction of sp³-hybridized carbons (Fsp3) is 0.933. The molecule has 5 heteroatoms. The standard InChI is InChI=1S/C15H29NO4/c1-14(2,3)20-13(18)16-9-7-12(17)11(10-16)6-8-15(4,5)19/h11-12,17,19H,6-10H2,1-5H3. The van der Waals surface area contributed by atoms with Gasteiger partial charge in [-0.25, -0.2) is 4.79 Å². The second-order valence-corrected chi connectivity index (χ2v) is 7.39. The smallest absolute Gasteiger partial charge is 0.410 e. The number of hydrogen-bond donors (Lipinski definition) is 2. The molecule has 1 aliphatic heterocycles. The van der Waals surface area contributed by atoms with Crippen LogP contribution in [0.2, 0.25) is 0 Å². The van der Waals surface area contributed by atoms with Crippen LogP contribution in [-0.2, 0) is 4.74 Å². The number of carbonyl (C=O) groups is 1. The molecule has 5 nitrogen and oxygen atoms in total. The van der Waals surface area contributed by atoms with Crippen LogP contribution in [0.3, 0.4) is 0 Å². The summed E-state index contributed by atoms with van der Waals surface area (Å²) in [6.07, 6.45) is 1.14. The molecular weight excluding hydrogens is 258 g/mol. The first kappa shape index (κ1) is 17.2. The predicted molar refractivity (Wildman–Crippen MR) is 77.5 cm³/mol. The van der Waals surface area contributed by atoms with E-state index in [2.05, 4.69) is 0 Å². The van der Waals surface area contributed by atoms with E-state index in [9.17, 15) is 15.0 Å². The van der Waals surface area contributed by atoms with Gasteiger partial charge in [-0.2, -0.15) is 0 Å². The Kier molecular flexibility index (Phi) is 5.44. The van der Waals surface area contributed by atoms with Crippen LogP contribution in [-0.4, -0.2) is 51.6 Å². The minimum absolute atomic E-state index is 0.00249. The molecule has 0 aliphatic carbocycles. The third-order valence-corrected chi connectivity index (χ3v) is 3.47. The predicted octanol–water partition coefficient (Wildman–Crippen LogP) is 2.16. The van der Waals surface area contributed by atoms with Gasteiger partial charge in [-0.15, -0.1) is 0 Å². The van der Waals surface area contributed by atoms with Crippen molar-refractivity contribution in [3.63, 3.8) is 0 Å². The Labute approximate surface area is 121 Å². The number of aliphatic hydroxyl groups is 2. The number of ether oxygens (including phenoxy) is 1. The van der Waals surface area contributed by atoms with E-state index in [0.717, 1.165) is 0 Å². The Morgan fingerprint density at radius 2 is 1.90 bits per heavy atom. The lowest BCUT2D eigenvalue weighted by atomic mass is 9.87. The van der Waals surface area contributed by atoms with Crippen LogP contribution in [0.4, 0.5) is 4.79 Å². The molecule has 20 heavy (non-hydrogen) atoms. The molecule has 0 saturated carbocycles. The SMILES string of the molecule is CC(C)(O)CCC1CN(C(=O)OC(C)(C)C)CCC1O. The zero-order valence-corrected chi connectivity index (χ0v) is 13.3. The van der Waals surface area contributed by atoms with E-state index in [4.69, 9.17) is 4.74 Å². The lowest BCUT2D eigenvalue weighted by Gasteiger charge is -2.37. The molecule has 2 atom stereocenters. The molecule has 118 valence electrons. The highest BCUT2D eigenvalue weighted by Crippen LogP contribution is 2.25. The van der Waals surface area contributed by atoms with Crippen molar-refractivity contribution in [1.29, 1.82) is 0 Å². The molecule has 1 rings (SSSR count). The van der Waals surface area contributed by atoms with Gasteiger partial charge in [0.2, 0.25) is 0 Å². The average molecular weight is 287 g/mol. The molecule has 0 spiro atoms. The minimum Gasteiger partial charge on any atom is -0.444 e. The summed E-state index contributed by atoms with van der Waals surface area (Å²) in [5, 5.41) is 19.8. The van der Waals surface area contributed by atoms with Crippen LogP contribution in [0.1, 0.15) is 53.9 Å². The van der Waals surface area contributed by atoms with Crippen molar-refractivity contribution in [2.75, 3.05) is 13.1 Å². The van der Waals surface area contributed by atoms with Gasteiger partial charge in [0.15, 0.2) is 0 Å². The molecule has 1 fully saturated rings. The fourth-order valence-corrected chi connectivity index (χ4v) is 2.33. The lowest BCUT2D eigenvalue weighted by Crippen LogP contribution is -2.48. The molecule has 0 aromatic heterocycles. The average Bonchev–Trinajstić information content (AvgIpc) is 2.24. The van der Waals surface area contributed by atoms with Crippen LogP contribution in [0.25, 0.3) is 0 Å². The third-order valence-electron chi connectivity index (χ3n) is 3.47. The van der Waals surface area contributed by atoms with E-state index >= 15 is 0 Å². The second kappa shape index (κ2) is 6.31. The molecule has 1 heterocycles. The number of nitrogens with zero attached hydrogens (tertiary/aromatic N) is 1. The number of likely N-dealkylation sites (tertiary alicyclic amines) is 1. The highest BCUT2D eigenvalue weighted by Gasteiger charge is 2.33. The Bertz CT molecular complexity index is 330. The van der Waals surface area contributed by atoms with Gasteiger partial charge in [0, 0.05) is 19.0 Å². The lowest BCUT2D eigenvalue weighted by molar-refractivity contribution is -0.0166. The second-order valence-electron chi connectivity index (χ2n) is 7.39. The summed E-state index contributed by atoms with van der Waals surface area (Å²) in [6, 6.07) is 0. The zero-order valence-electron chi connectivity index (χ0n) is 13.3. The maximum absolute atomic E-state index is 12.0. The van der Waals surface area contributed by atoms with Crippen molar-refractivity contribution in [2.24, 2.45) is 5.92 Å². The zero-order chi connectivity index (χ0) is 15.6. The molecule has 0 bridgehead atoms. The number of hydrogen-bond acceptors (Lipinski definition) is 4. The largest absolute Gasteiger partial charge is 0.444 e. The highest BCUT2D eigenvalue weighted by atomic mass is 16.6. The van der Waals surface area contributed by atoms with Crippen molar-refractivity contribution >= 4 is 6.09 Å². The summed E-state index contributed by atoms with van der Waals surface area (Å²) < 4.78 is 5.36. The number of rotatable bonds is 3. The summed E-state index contributed by atoms with van der Waals surface area (Å²) >= 11 is 0. The number of aliphatic hydroxyl groups excluding tert-OH is 1. The molecule has 2 unspecified atom stereocenters. The molecule has 1 amide bonds. The van der Waals surface area contributed by atoms with Crippen molar-refractivity contribution < 1.29 is 19.7 Å². The van der Waals surface area contributed by atoms with E-state index in [1.165, 1.54) is 0 Å². The van der Waals surface area contributed by atoms with Crippen molar-refractivity contribution in [1.82, 2.24) is 4.90 Å². The first-order valence-electron chi connectivity index (χ1n) is 7.36. The van der Waals surface area contributed by atoms with Gasteiger partial charge in [0.05, 0.1) is 11.7 Å². The van der Waals surface area contributed by atoms with Crippen molar-refractivity contribution in [3.8, 4) is 0 Å². The van der Waals surface area contributed by atoms with Crippen LogP contribution >= 0.6 is 0 Å². The molecule has 0 aromatic rings. The topological polar surface area (TPSA) is 70.0 Å². The van der Waals surface area contributed by atoms with E-state index in [1.54, 1.807) is 18.7 Å². The van der Waals surface area contributed by atoms with Gasteiger partial charge in [0.25, 0.3) is 0 Å². The molecule has 1 aliphatic rings. The maximum Gasteiger partial charge on any atom is 0.410 e. The van der Waals surface area contributed by atoms with Crippen LogP contribution in [0.5, 0.6) is 0 Å². The van der Waals surface area contributed by atoms with Gasteiger partial charge >= 0.3 is 6.09 Å².